The van der Waals surface area contributed by atoms with Crippen LogP contribution in [0.1, 0.15) is 22.7 Å². The first kappa shape index (κ1) is 13.0. The van der Waals surface area contributed by atoms with Gasteiger partial charge in [0.05, 0.1) is 7.11 Å². The number of hydrogen-bond donors (Lipinski definition) is 1. The van der Waals surface area contributed by atoms with Crippen molar-refractivity contribution in [2.24, 2.45) is 5.73 Å². The van der Waals surface area contributed by atoms with Crippen molar-refractivity contribution in [3.63, 3.8) is 0 Å². The second kappa shape index (κ2) is 5.32. The number of methoxy groups -OCH3 is 1. The van der Waals surface area contributed by atoms with Gasteiger partial charge in [-0.2, -0.15) is 0 Å². The van der Waals surface area contributed by atoms with Crippen molar-refractivity contribution >= 4 is 0 Å². The van der Waals surface area contributed by atoms with E-state index >= 15 is 0 Å². The van der Waals surface area contributed by atoms with Gasteiger partial charge in [-0.3, -0.25) is 0 Å². The standard InChI is InChI=1S/C13H22N2O/c1-9-6-11(12(14)8-15(3)4)13(16-5)7-10(9)2/h6-7,12H,8,14H2,1-5H3. The van der Waals surface area contributed by atoms with E-state index in [2.05, 4.69) is 30.9 Å². The van der Waals surface area contributed by atoms with Gasteiger partial charge in [-0.15, -0.1) is 0 Å². The Hall–Kier alpha value is -1.06. The molecule has 0 saturated heterocycles. The molecule has 2 N–H and O–H groups in total. The predicted molar refractivity (Wildman–Crippen MR) is 68.0 cm³/mol. The van der Waals surface area contributed by atoms with Crippen LogP contribution in [0.25, 0.3) is 0 Å². The first-order valence-electron chi connectivity index (χ1n) is 5.51. The summed E-state index contributed by atoms with van der Waals surface area (Å²) in [6, 6.07) is 4.17. The van der Waals surface area contributed by atoms with Gasteiger partial charge in [-0.1, -0.05) is 6.07 Å². The molecule has 3 nitrogen and oxygen atoms in total. The van der Waals surface area contributed by atoms with E-state index in [1.807, 2.05) is 14.1 Å². The minimum atomic E-state index is -0.00995. The van der Waals surface area contributed by atoms with Crippen LogP contribution in [0.4, 0.5) is 0 Å². The van der Waals surface area contributed by atoms with Crippen molar-refractivity contribution < 1.29 is 4.74 Å². The van der Waals surface area contributed by atoms with E-state index in [1.54, 1.807) is 7.11 Å². The maximum atomic E-state index is 6.17. The molecule has 0 bridgehead atoms. The number of aryl methyl sites for hydroxylation is 2. The molecule has 3 heteroatoms. The summed E-state index contributed by atoms with van der Waals surface area (Å²) in [4.78, 5) is 2.08. The molecule has 0 heterocycles. The second-order valence-electron chi connectivity index (χ2n) is 4.55. The van der Waals surface area contributed by atoms with Crippen molar-refractivity contribution in [3.05, 3.63) is 28.8 Å². The quantitative estimate of drug-likeness (QED) is 0.845. The molecule has 0 spiro atoms. The Morgan fingerprint density at radius 1 is 1.25 bits per heavy atom. The average Bonchev–Trinajstić information content (AvgIpc) is 2.20. The molecule has 16 heavy (non-hydrogen) atoms. The number of hydrogen-bond acceptors (Lipinski definition) is 3. The van der Waals surface area contributed by atoms with Gasteiger partial charge in [0.25, 0.3) is 0 Å². The lowest BCUT2D eigenvalue weighted by molar-refractivity contribution is 0.362. The summed E-state index contributed by atoms with van der Waals surface area (Å²) < 4.78 is 5.39. The van der Waals surface area contributed by atoms with E-state index in [4.69, 9.17) is 10.5 Å². The molecule has 0 aliphatic rings. The highest BCUT2D eigenvalue weighted by atomic mass is 16.5. The summed E-state index contributed by atoms with van der Waals surface area (Å²) in [5.41, 5.74) is 9.74. The number of benzene rings is 1. The van der Waals surface area contributed by atoms with Gasteiger partial charge in [0, 0.05) is 18.2 Å². The van der Waals surface area contributed by atoms with Gasteiger partial charge >= 0.3 is 0 Å². The summed E-state index contributed by atoms with van der Waals surface area (Å²) >= 11 is 0. The van der Waals surface area contributed by atoms with Crippen LogP contribution in [-0.4, -0.2) is 32.6 Å². The van der Waals surface area contributed by atoms with E-state index in [1.165, 1.54) is 11.1 Å². The van der Waals surface area contributed by atoms with Gasteiger partial charge < -0.3 is 15.4 Å². The highest BCUT2D eigenvalue weighted by molar-refractivity contribution is 5.43. The number of nitrogens with zero attached hydrogens (tertiary/aromatic N) is 1. The van der Waals surface area contributed by atoms with E-state index in [-0.39, 0.29) is 6.04 Å². The van der Waals surface area contributed by atoms with Crippen molar-refractivity contribution in [3.8, 4) is 5.75 Å². The Bertz CT molecular complexity index is 361. The summed E-state index contributed by atoms with van der Waals surface area (Å²) in [5.74, 6) is 0.887. The van der Waals surface area contributed by atoms with Crippen molar-refractivity contribution in [2.45, 2.75) is 19.9 Å². The molecular weight excluding hydrogens is 200 g/mol. The van der Waals surface area contributed by atoms with E-state index < -0.39 is 0 Å². The molecule has 1 aromatic rings. The third-order valence-electron chi connectivity index (χ3n) is 2.81. The zero-order chi connectivity index (χ0) is 12.3. The van der Waals surface area contributed by atoms with E-state index in [0.29, 0.717) is 0 Å². The summed E-state index contributed by atoms with van der Waals surface area (Å²) in [7, 11) is 5.73. The number of ether oxygens (including phenoxy) is 1. The summed E-state index contributed by atoms with van der Waals surface area (Å²) in [6.07, 6.45) is 0. The normalized spacial score (nSPS) is 12.9. The molecule has 0 saturated carbocycles. The summed E-state index contributed by atoms with van der Waals surface area (Å²) in [6.45, 7) is 5.00. The fourth-order valence-corrected chi connectivity index (χ4v) is 1.77. The van der Waals surface area contributed by atoms with E-state index in [9.17, 15) is 0 Å². The molecule has 0 aromatic heterocycles. The molecule has 0 aliphatic heterocycles. The molecule has 0 fully saturated rings. The van der Waals surface area contributed by atoms with Crippen molar-refractivity contribution in [1.82, 2.24) is 4.90 Å². The number of rotatable bonds is 4. The van der Waals surface area contributed by atoms with Crippen molar-refractivity contribution in [1.29, 1.82) is 0 Å². The van der Waals surface area contributed by atoms with Crippen molar-refractivity contribution in [2.75, 3.05) is 27.7 Å². The highest BCUT2D eigenvalue weighted by Crippen LogP contribution is 2.27. The Morgan fingerprint density at radius 2 is 1.81 bits per heavy atom. The summed E-state index contributed by atoms with van der Waals surface area (Å²) in [5, 5.41) is 0. The number of likely N-dealkylation sites (N-methyl/N-ethyl adjacent to an activating group) is 1. The van der Waals surface area contributed by atoms with Crippen LogP contribution in [0.15, 0.2) is 12.1 Å². The lowest BCUT2D eigenvalue weighted by atomic mass is 10.00. The average molecular weight is 222 g/mol. The predicted octanol–water partition coefficient (Wildman–Crippen LogP) is 1.87. The molecule has 1 rings (SSSR count). The van der Waals surface area contributed by atoms with Crippen LogP contribution in [0, 0.1) is 13.8 Å². The molecule has 0 radical (unpaired) electrons. The lowest BCUT2D eigenvalue weighted by Gasteiger charge is -2.20. The zero-order valence-electron chi connectivity index (χ0n) is 10.9. The lowest BCUT2D eigenvalue weighted by Crippen LogP contribution is -2.26. The third-order valence-corrected chi connectivity index (χ3v) is 2.81. The molecule has 0 aliphatic carbocycles. The fraction of sp³-hybridized carbons (Fsp3) is 0.538. The molecule has 1 atom stereocenters. The van der Waals surface area contributed by atoms with Crippen LogP contribution in [0.5, 0.6) is 5.75 Å². The minimum absolute atomic E-state index is 0.00995. The Balaban J connectivity index is 3.06. The van der Waals surface area contributed by atoms with Gasteiger partial charge in [-0.25, -0.2) is 0 Å². The second-order valence-corrected chi connectivity index (χ2v) is 4.55. The van der Waals surface area contributed by atoms with Crippen LogP contribution >= 0.6 is 0 Å². The van der Waals surface area contributed by atoms with Gasteiger partial charge in [-0.05, 0) is 45.1 Å². The SMILES string of the molecule is COc1cc(C)c(C)cc1C(N)CN(C)C. The third kappa shape index (κ3) is 2.97. The Labute approximate surface area is 98.2 Å². The molecular formula is C13H22N2O. The Kier molecular flexibility index (Phi) is 4.33. The van der Waals surface area contributed by atoms with Crippen LogP contribution in [0.3, 0.4) is 0 Å². The van der Waals surface area contributed by atoms with E-state index in [0.717, 1.165) is 17.9 Å². The van der Waals surface area contributed by atoms with Crippen LogP contribution < -0.4 is 10.5 Å². The Morgan fingerprint density at radius 3 is 2.31 bits per heavy atom. The monoisotopic (exact) mass is 222 g/mol. The maximum absolute atomic E-state index is 6.17. The van der Waals surface area contributed by atoms with Crippen LogP contribution in [-0.2, 0) is 0 Å². The number of nitrogens with two attached hydrogens (primary N) is 1. The first-order valence-corrected chi connectivity index (χ1v) is 5.51. The first-order chi connectivity index (χ1) is 7.45. The largest absolute Gasteiger partial charge is 0.496 e. The zero-order valence-corrected chi connectivity index (χ0v) is 10.9. The van der Waals surface area contributed by atoms with Gasteiger partial charge in [0.1, 0.15) is 5.75 Å². The van der Waals surface area contributed by atoms with Gasteiger partial charge in [0.2, 0.25) is 0 Å². The highest BCUT2D eigenvalue weighted by Gasteiger charge is 2.14. The van der Waals surface area contributed by atoms with Gasteiger partial charge in [0.15, 0.2) is 0 Å². The van der Waals surface area contributed by atoms with Crippen LogP contribution in [0.2, 0.25) is 0 Å². The fourth-order valence-electron chi connectivity index (χ4n) is 1.77. The maximum Gasteiger partial charge on any atom is 0.123 e. The minimum Gasteiger partial charge on any atom is -0.496 e. The molecule has 1 aromatic carbocycles. The molecule has 1 unspecified atom stereocenters. The molecule has 90 valence electrons. The molecule has 0 amide bonds. The topological polar surface area (TPSA) is 38.5 Å². The smallest absolute Gasteiger partial charge is 0.123 e.